The maximum Gasteiger partial charge on any atom is 0.262 e. The number of anilines is 2. The number of benzene rings is 1. The Morgan fingerprint density at radius 1 is 1.16 bits per heavy atom. The Hall–Kier alpha value is -2.76. The molecule has 6 heteroatoms. The average molecular weight is 421 g/mol. The van der Waals surface area contributed by atoms with Crippen LogP contribution in [0.5, 0.6) is 5.75 Å². The lowest BCUT2D eigenvalue weighted by molar-refractivity contribution is -0.130. The summed E-state index contributed by atoms with van der Waals surface area (Å²) in [6.45, 7) is 2.41. The number of hydrogen-bond donors (Lipinski definition) is 2. The maximum absolute atomic E-state index is 13.3. The molecule has 2 fully saturated rings. The van der Waals surface area contributed by atoms with Crippen LogP contribution in [0.2, 0.25) is 0 Å². The molecular formula is C25H32N4O2. The second-order valence-corrected chi connectivity index (χ2v) is 9.33. The number of fused-ring (bicyclic) bond motifs is 2. The van der Waals surface area contributed by atoms with Gasteiger partial charge in [-0.1, -0.05) is 37.5 Å². The van der Waals surface area contributed by atoms with Crippen LogP contribution in [-0.4, -0.2) is 36.6 Å². The highest BCUT2D eigenvalue weighted by Gasteiger charge is 2.53. The van der Waals surface area contributed by atoms with Crippen molar-refractivity contribution >= 4 is 17.4 Å². The van der Waals surface area contributed by atoms with Crippen molar-refractivity contribution in [1.82, 2.24) is 10.3 Å². The van der Waals surface area contributed by atoms with E-state index in [9.17, 15) is 4.79 Å². The molecule has 3 aliphatic rings. The van der Waals surface area contributed by atoms with Gasteiger partial charge >= 0.3 is 0 Å². The molecule has 3 heterocycles. The number of carbonyl (C=O) groups excluding carboxylic acids is 1. The quantitative estimate of drug-likeness (QED) is 0.789. The number of nitrogen functional groups attached to an aromatic ring is 1. The summed E-state index contributed by atoms with van der Waals surface area (Å²) in [7, 11) is 0. The molecule has 1 aliphatic carbocycles. The van der Waals surface area contributed by atoms with Gasteiger partial charge in [0.2, 0.25) is 0 Å². The molecule has 0 radical (unpaired) electrons. The van der Waals surface area contributed by atoms with Gasteiger partial charge in [0.15, 0.2) is 6.10 Å². The van der Waals surface area contributed by atoms with Crippen LogP contribution in [-0.2, 0) is 10.2 Å². The van der Waals surface area contributed by atoms with E-state index in [1.165, 1.54) is 37.7 Å². The van der Waals surface area contributed by atoms with Crippen molar-refractivity contribution in [2.45, 2.75) is 56.5 Å². The predicted octanol–water partition coefficient (Wildman–Crippen LogP) is 3.66. The van der Waals surface area contributed by atoms with Gasteiger partial charge in [0.05, 0.1) is 0 Å². The Morgan fingerprint density at radius 2 is 1.94 bits per heavy atom. The van der Waals surface area contributed by atoms with Gasteiger partial charge in [0.1, 0.15) is 11.6 Å². The first-order valence-corrected chi connectivity index (χ1v) is 11.7. The van der Waals surface area contributed by atoms with Crippen molar-refractivity contribution in [3.05, 3.63) is 48.2 Å². The fraction of sp³-hybridized carbons (Fsp3) is 0.520. The number of piperidine rings is 1. The van der Waals surface area contributed by atoms with Crippen molar-refractivity contribution in [2.75, 3.05) is 30.3 Å². The van der Waals surface area contributed by atoms with E-state index < -0.39 is 6.10 Å². The number of amides is 1. The highest BCUT2D eigenvalue weighted by atomic mass is 16.5. The zero-order chi connectivity index (χ0) is 21.3. The molecule has 2 aromatic rings. The lowest BCUT2D eigenvalue weighted by Gasteiger charge is -2.42. The van der Waals surface area contributed by atoms with Gasteiger partial charge in [0, 0.05) is 48.6 Å². The number of ether oxygens (including phenoxy) is 1. The van der Waals surface area contributed by atoms with Crippen LogP contribution in [0.4, 0.5) is 11.5 Å². The number of aromatic nitrogens is 1. The number of nitrogens with zero attached hydrogens (tertiary/aromatic N) is 2. The minimum Gasteiger partial charge on any atom is -0.479 e. The van der Waals surface area contributed by atoms with Crippen molar-refractivity contribution in [2.24, 2.45) is 5.92 Å². The lowest BCUT2D eigenvalue weighted by atomic mass is 9.69. The minimum atomic E-state index is -0.468. The van der Waals surface area contributed by atoms with Gasteiger partial charge in [0.25, 0.3) is 5.91 Å². The van der Waals surface area contributed by atoms with E-state index in [1.54, 1.807) is 6.20 Å². The van der Waals surface area contributed by atoms with E-state index in [2.05, 4.69) is 27.3 Å². The molecule has 1 aromatic heterocycles. The SMILES string of the molecule is Nc1ccnc(N2CCC3(CC2)c2ccccc2OC3C(=O)NCC2CCCCC2)c1. The van der Waals surface area contributed by atoms with Crippen molar-refractivity contribution in [3.63, 3.8) is 0 Å². The Bertz CT molecular complexity index is 933. The molecule has 1 atom stereocenters. The fourth-order valence-electron chi connectivity index (χ4n) is 5.67. The summed E-state index contributed by atoms with van der Waals surface area (Å²) in [5, 5.41) is 3.24. The van der Waals surface area contributed by atoms with Crippen LogP contribution >= 0.6 is 0 Å². The third-order valence-corrected chi connectivity index (χ3v) is 7.45. The predicted molar refractivity (Wildman–Crippen MR) is 122 cm³/mol. The Labute approximate surface area is 184 Å². The van der Waals surface area contributed by atoms with Gasteiger partial charge in [-0.25, -0.2) is 4.98 Å². The number of nitrogens with one attached hydrogen (secondary N) is 1. The number of hydrogen-bond acceptors (Lipinski definition) is 5. The van der Waals surface area contributed by atoms with Gasteiger partial charge in [-0.2, -0.15) is 0 Å². The zero-order valence-corrected chi connectivity index (χ0v) is 18.1. The van der Waals surface area contributed by atoms with Crippen LogP contribution in [0.3, 0.4) is 0 Å². The highest BCUT2D eigenvalue weighted by molar-refractivity contribution is 5.85. The molecular weight excluding hydrogens is 388 g/mol. The number of para-hydroxylation sites is 1. The second kappa shape index (κ2) is 8.40. The zero-order valence-electron chi connectivity index (χ0n) is 18.1. The summed E-state index contributed by atoms with van der Waals surface area (Å²) in [5.74, 6) is 2.40. The summed E-state index contributed by atoms with van der Waals surface area (Å²) in [4.78, 5) is 20.1. The van der Waals surface area contributed by atoms with Gasteiger partial charge in [-0.15, -0.1) is 0 Å². The van der Waals surface area contributed by atoms with Gasteiger partial charge in [-0.05, 0) is 43.7 Å². The van der Waals surface area contributed by atoms with Crippen molar-refractivity contribution in [1.29, 1.82) is 0 Å². The summed E-state index contributed by atoms with van der Waals surface area (Å²) in [6, 6.07) is 11.9. The van der Waals surface area contributed by atoms with Gasteiger partial charge < -0.3 is 20.7 Å². The molecule has 1 aromatic carbocycles. The van der Waals surface area contributed by atoms with Crippen LogP contribution in [0.15, 0.2) is 42.6 Å². The topological polar surface area (TPSA) is 80.5 Å². The molecule has 31 heavy (non-hydrogen) atoms. The molecule has 1 unspecified atom stereocenters. The van der Waals surface area contributed by atoms with E-state index in [4.69, 9.17) is 10.5 Å². The lowest BCUT2D eigenvalue weighted by Crippen LogP contribution is -2.54. The smallest absolute Gasteiger partial charge is 0.262 e. The van der Waals surface area contributed by atoms with Crippen LogP contribution < -0.4 is 20.7 Å². The molecule has 1 saturated carbocycles. The molecule has 1 spiro atoms. The largest absolute Gasteiger partial charge is 0.479 e. The summed E-state index contributed by atoms with van der Waals surface area (Å²) in [5.41, 5.74) is 7.57. The normalized spacial score (nSPS) is 22.7. The summed E-state index contributed by atoms with van der Waals surface area (Å²) < 4.78 is 6.30. The molecule has 0 bridgehead atoms. The Kier molecular flexibility index (Phi) is 5.47. The van der Waals surface area contributed by atoms with Crippen LogP contribution in [0.1, 0.15) is 50.5 Å². The standard InChI is InChI=1S/C25H32N4O2/c26-19-10-13-27-22(16-19)29-14-11-25(12-15-29)20-8-4-5-9-21(20)31-23(25)24(30)28-17-18-6-2-1-3-7-18/h4-5,8-10,13,16,18,23H,1-3,6-7,11-12,14-15,17H2,(H2,26,27)(H,28,30). The first-order chi connectivity index (χ1) is 15.2. The Balaban J connectivity index is 1.33. The Morgan fingerprint density at radius 3 is 2.71 bits per heavy atom. The molecule has 1 saturated heterocycles. The number of rotatable bonds is 4. The molecule has 5 rings (SSSR count). The maximum atomic E-state index is 13.3. The van der Waals surface area contributed by atoms with E-state index in [0.717, 1.165) is 49.7 Å². The highest BCUT2D eigenvalue weighted by Crippen LogP contribution is 2.49. The number of nitrogens with two attached hydrogens (primary N) is 1. The van der Waals surface area contributed by atoms with Crippen molar-refractivity contribution < 1.29 is 9.53 Å². The third kappa shape index (κ3) is 3.84. The number of carbonyl (C=O) groups is 1. The van der Waals surface area contributed by atoms with Gasteiger partial charge in [-0.3, -0.25) is 4.79 Å². The molecule has 3 N–H and O–H groups in total. The summed E-state index contributed by atoms with van der Waals surface area (Å²) >= 11 is 0. The monoisotopic (exact) mass is 420 g/mol. The van der Waals surface area contributed by atoms with E-state index in [1.807, 2.05) is 24.3 Å². The molecule has 1 amide bonds. The van der Waals surface area contributed by atoms with E-state index in [-0.39, 0.29) is 11.3 Å². The first kappa shape index (κ1) is 20.2. The van der Waals surface area contributed by atoms with Crippen LogP contribution in [0, 0.1) is 5.92 Å². The minimum absolute atomic E-state index is 0.0392. The fourth-order valence-corrected chi connectivity index (χ4v) is 5.67. The van der Waals surface area contributed by atoms with Crippen molar-refractivity contribution in [3.8, 4) is 5.75 Å². The molecule has 164 valence electrons. The number of pyridine rings is 1. The average Bonchev–Trinajstić information content (AvgIpc) is 3.13. The third-order valence-electron chi connectivity index (χ3n) is 7.45. The molecule has 6 nitrogen and oxygen atoms in total. The molecule has 2 aliphatic heterocycles. The van der Waals surface area contributed by atoms with E-state index >= 15 is 0 Å². The first-order valence-electron chi connectivity index (χ1n) is 11.7. The van der Waals surface area contributed by atoms with E-state index in [0.29, 0.717) is 5.92 Å². The van der Waals surface area contributed by atoms with Crippen LogP contribution in [0.25, 0.3) is 0 Å². The summed E-state index contributed by atoms with van der Waals surface area (Å²) in [6.07, 6.45) is 9.32. The second-order valence-electron chi connectivity index (χ2n) is 9.33.